The van der Waals surface area contributed by atoms with Gasteiger partial charge in [-0.15, -0.1) is 0 Å². The van der Waals surface area contributed by atoms with Crippen molar-refractivity contribution in [2.45, 2.75) is 32.2 Å². The molecule has 0 aromatic carbocycles. The Morgan fingerprint density at radius 2 is 2.12 bits per heavy atom. The van der Waals surface area contributed by atoms with Gasteiger partial charge < -0.3 is 5.73 Å². The quantitative estimate of drug-likeness (QED) is 0.745. The maximum Gasteiger partial charge on any atom is 0.214 e. The summed E-state index contributed by atoms with van der Waals surface area (Å²) < 4.78 is 25.6. The molecule has 16 heavy (non-hydrogen) atoms. The normalized spacial score (nSPS) is 38.9. The zero-order valence-electron chi connectivity index (χ0n) is 9.43. The first-order chi connectivity index (χ1) is 7.42. The van der Waals surface area contributed by atoms with Crippen LogP contribution in [0.1, 0.15) is 26.2 Å². The van der Waals surface area contributed by atoms with Crippen molar-refractivity contribution in [1.82, 2.24) is 4.31 Å². The summed E-state index contributed by atoms with van der Waals surface area (Å²) in [6, 6.07) is 0.0208. The number of nitrogens with zero attached hydrogens (tertiary/aromatic N) is 1. The summed E-state index contributed by atoms with van der Waals surface area (Å²) in [7, 11) is -3.07. The van der Waals surface area contributed by atoms with E-state index < -0.39 is 10.0 Å². The third-order valence-corrected chi connectivity index (χ3v) is 5.99. The van der Waals surface area contributed by atoms with Gasteiger partial charge >= 0.3 is 0 Å². The van der Waals surface area contributed by atoms with Crippen molar-refractivity contribution in [3.63, 3.8) is 0 Å². The number of hydrogen-bond donors (Lipinski definition) is 1. The second kappa shape index (κ2) is 4.23. The van der Waals surface area contributed by atoms with Crippen LogP contribution >= 0.6 is 12.2 Å². The van der Waals surface area contributed by atoms with E-state index in [0.717, 1.165) is 19.3 Å². The summed E-state index contributed by atoms with van der Waals surface area (Å²) in [5, 5.41) is 0. The summed E-state index contributed by atoms with van der Waals surface area (Å²) in [5.74, 6) is 0.570. The zero-order valence-corrected chi connectivity index (χ0v) is 11.1. The lowest BCUT2D eigenvalue weighted by atomic mass is 10.0. The predicted molar refractivity (Wildman–Crippen MR) is 67.6 cm³/mol. The number of rotatable bonds is 2. The van der Waals surface area contributed by atoms with Gasteiger partial charge in [0.1, 0.15) is 0 Å². The molecule has 6 heteroatoms. The van der Waals surface area contributed by atoms with Gasteiger partial charge in [-0.05, 0) is 18.8 Å². The highest BCUT2D eigenvalue weighted by molar-refractivity contribution is 7.89. The SMILES string of the molecule is CC1CN(C2CCCC2C(N)=S)S(=O)(=O)C1. The largest absolute Gasteiger partial charge is 0.393 e. The molecule has 92 valence electrons. The van der Waals surface area contributed by atoms with Gasteiger partial charge in [-0.1, -0.05) is 25.6 Å². The van der Waals surface area contributed by atoms with E-state index in [4.69, 9.17) is 18.0 Å². The van der Waals surface area contributed by atoms with Gasteiger partial charge in [0.25, 0.3) is 0 Å². The third kappa shape index (κ3) is 2.10. The molecule has 3 atom stereocenters. The molecule has 2 fully saturated rings. The monoisotopic (exact) mass is 262 g/mol. The van der Waals surface area contributed by atoms with E-state index in [1.165, 1.54) is 0 Å². The van der Waals surface area contributed by atoms with Crippen LogP contribution in [0.5, 0.6) is 0 Å². The fraction of sp³-hybridized carbons (Fsp3) is 0.900. The summed E-state index contributed by atoms with van der Waals surface area (Å²) in [5.41, 5.74) is 5.69. The molecule has 2 aliphatic rings. The molecule has 4 nitrogen and oxygen atoms in total. The van der Waals surface area contributed by atoms with Gasteiger partial charge in [-0.2, -0.15) is 4.31 Å². The average Bonchev–Trinajstić information content (AvgIpc) is 2.68. The predicted octanol–water partition coefficient (Wildman–Crippen LogP) is 0.723. The van der Waals surface area contributed by atoms with Crippen LogP contribution in [-0.2, 0) is 10.0 Å². The average molecular weight is 262 g/mol. The van der Waals surface area contributed by atoms with Crippen molar-refractivity contribution < 1.29 is 8.42 Å². The minimum atomic E-state index is -3.07. The molecule has 0 bridgehead atoms. The van der Waals surface area contributed by atoms with Crippen LogP contribution in [0.15, 0.2) is 0 Å². The molecule has 2 N–H and O–H groups in total. The molecule has 1 aliphatic carbocycles. The Bertz CT molecular complexity index is 394. The molecule has 0 aromatic rings. The number of thiocarbonyl (C=S) groups is 1. The Morgan fingerprint density at radius 3 is 2.62 bits per heavy atom. The third-order valence-electron chi connectivity index (χ3n) is 3.56. The number of sulfonamides is 1. The van der Waals surface area contributed by atoms with Gasteiger partial charge in [-0.25, -0.2) is 8.42 Å². The first kappa shape index (κ1) is 12.3. The van der Waals surface area contributed by atoms with Crippen LogP contribution in [0, 0.1) is 11.8 Å². The molecule has 2 rings (SSSR count). The fourth-order valence-corrected chi connectivity index (χ4v) is 5.32. The standard InChI is InChI=1S/C10H18N2O2S2/c1-7-5-12(16(13,14)6-7)9-4-2-3-8(9)10(11)15/h7-9H,2-6H2,1H3,(H2,11,15). The Labute approximate surface area is 102 Å². The van der Waals surface area contributed by atoms with E-state index in [0.29, 0.717) is 11.5 Å². The Morgan fingerprint density at radius 1 is 1.44 bits per heavy atom. The molecular weight excluding hydrogens is 244 g/mol. The topological polar surface area (TPSA) is 63.4 Å². The van der Waals surface area contributed by atoms with Gasteiger partial charge in [0, 0.05) is 18.5 Å². The molecular formula is C10H18N2O2S2. The summed E-state index contributed by atoms with van der Waals surface area (Å²) in [4.78, 5) is 0.470. The van der Waals surface area contributed by atoms with Crippen LogP contribution < -0.4 is 5.73 Å². The van der Waals surface area contributed by atoms with Crippen LogP contribution in [0.25, 0.3) is 0 Å². The second-order valence-corrected chi connectivity index (χ2v) is 7.40. The summed E-state index contributed by atoms with van der Waals surface area (Å²) in [6.07, 6.45) is 2.85. The van der Waals surface area contributed by atoms with Gasteiger partial charge in [-0.3, -0.25) is 0 Å². The lowest BCUT2D eigenvalue weighted by molar-refractivity contribution is 0.301. The van der Waals surface area contributed by atoms with E-state index in [2.05, 4.69) is 0 Å². The van der Waals surface area contributed by atoms with Crippen LogP contribution in [0.3, 0.4) is 0 Å². The maximum absolute atomic E-state index is 12.0. The molecule has 0 spiro atoms. The van der Waals surface area contributed by atoms with Gasteiger partial charge in [0.2, 0.25) is 10.0 Å². The van der Waals surface area contributed by atoms with Crippen LogP contribution in [0.4, 0.5) is 0 Å². The van der Waals surface area contributed by atoms with E-state index in [9.17, 15) is 8.42 Å². The highest BCUT2D eigenvalue weighted by atomic mass is 32.2. The molecule has 1 saturated heterocycles. The van der Waals surface area contributed by atoms with Crippen molar-refractivity contribution in [2.75, 3.05) is 12.3 Å². The molecule has 0 aromatic heterocycles. The molecule has 1 saturated carbocycles. The van der Waals surface area contributed by atoms with Crippen molar-refractivity contribution in [2.24, 2.45) is 17.6 Å². The lowest BCUT2D eigenvalue weighted by Gasteiger charge is -2.27. The lowest BCUT2D eigenvalue weighted by Crippen LogP contribution is -2.43. The number of hydrogen-bond acceptors (Lipinski definition) is 3. The smallest absolute Gasteiger partial charge is 0.214 e. The van der Waals surface area contributed by atoms with Crippen molar-refractivity contribution in [3.05, 3.63) is 0 Å². The molecule has 1 aliphatic heterocycles. The molecule has 0 amide bonds. The van der Waals surface area contributed by atoms with Gasteiger partial charge in [0.15, 0.2) is 0 Å². The number of nitrogens with two attached hydrogens (primary N) is 1. The first-order valence-corrected chi connectivity index (χ1v) is 7.72. The highest BCUT2D eigenvalue weighted by Gasteiger charge is 2.43. The molecule has 1 heterocycles. The summed E-state index contributed by atoms with van der Waals surface area (Å²) >= 11 is 5.03. The molecule has 0 radical (unpaired) electrons. The van der Waals surface area contributed by atoms with Crippen LogP contribution in [0.2, 0.25) is 0 Å². The maximum atomic E-state index is 12.0. The van der Waals surface area contributed by atoms with Crippen molar-refractivity contribution >= 4 is 27.2 Å². The van der Waals surface area contributed by atoms with E-state index in [1.807, 2.05) is 6.92 Å². The molecule has 3 unspecified atom stereocenters. The van der Waals surface area contributed by atoms with E-state index >= 15 is 0 Å². The minimum absolute atomic E-state index is 0.0208. The highest BCUT2D eigenvalue weighted by Crippen LogP contribution is 2.35. The van der Waals surface area contributed by atoms with E-state index in [-0.39, 0.29) is 23.6 Å². The zero-order chi connectivity index (χ0) is 11.9. The Kier molecular flexibility index (Phi) is 3.25. The van der Waals surface area contributed by atoms with Crippen molar-refractivity contribution in [1.29, 1.82) is 0 Å². The second-order valence-electron chi connectivity index (χ2n) is 4.96. The van der Waals surface area contributed by atoms with Gasteiger partial charge in [0.05, 0.1) is 10.7 Å². The van der Waals surface area contributed by atoms with E-state index in [1.54, 1.807) is 4.31 Å². The summed E-state index contributed by atoms with van der Waals surface area (Å²) in [6.45, 7) is 2.61. The Balaban J connectivity index is 2.22. The Hall–Kier alpha value is -0.200. The minimum Gasteiger partial charge on any atom is -0.393 e. The first-order valence-electron chi connectivity index (χ1n) is 5.70. The van der Waals surface area contributed by atoms with Crippen molar-refractivity contribution in [3.8, 4) is 0 Å². The van der Waals surface area contributed by atoms with Crippen LogP contribution in [-0.4, -0.2) is 36.1 Å². The fourth-order valence-electron chi connectivity index (χ4n) is 2.89.